The highest BCUT2D eigenvalue weighted by Crippen LogP contribution is 2.24. The number of benzene rings is 2. The lowest BCUT2D eigenvalue weighted by Crippen LogP contribution is -2.41. The van der Waals surface area contributed by atoms with E-state index in [4.69, 9.17) is 11.6 Å². The molecule has 1 N–H and O–H groups in total. The summed E-state index contributed by atoms with van der Waals surface area (Å²) in [7, 11) is -3.38. The number of halogens is 1. The standard InChI is InChI=1S/C20H23ClN2O3S/c1-15-5-7-16(8-6-15)14-27(25,26)23-11-9-17(10-12-23)20(24)22-19-4-2-3-18(21)13-19/h2-8,13,17H,9-12,14H2,1H3,(H,22,24). The topological polar surface area (TPSA) is 66.5 Å². The first-order chi connectivity index (χ1) is 12.8. The molecule has 0 saturated carbocycles. The van der Waals surface area contributed by atoms with Crippen LogP contribution in [-0.4, -0.2) is 31.7 Å². The van der Waals surface area contributed by atoms with Crippen molar-refractivity contribution in [3.05, 3.63) is 64.7 Å². The van der Waals surface area contributed by atoms with Crippen LogP contribution in [0.4, 0.5) is 5.69 Å². The maximum Gasteiger partial charge on any atom is 0.227 e. The van der Waals surface area contributed by atoms with Crippen molar-refractivity contribution in [2.75, 3.05) is 18.4 Å². The zero-order valence-corrected chi connectivity index (χ0v) is 16.8. The molecule has 0 spiro atoms. The van der Waals surface area contributed by atoms with Crippen LogP contribution in [0.5, 0.6) is 0 Å². The molecule has 1 amide bonds. The molecule has 27 heavy (non-hydrogen) atoms. The molecular weight excluding hydrogens is 384 g/mol. The third-order valence-corrected chi connectivity index (χ3v) is 6.87. The summed E-state index contributed by atoms with van der Waals surface area (Å²) in [6.45, 7) is 2.70. The Kier molecular flexibility index (Phi) is 6.19. The molecule has 1 saturated heterocycles. The quantitative estimate of drug-likeness (QED) is 0.820. The van der Waals surface area contributed by atoms with Crippen LogP contribution in [0.15, 0.2) is 48.5 Å². The summed E-state index contributed by atoms with van der Waals surface area (Å²) in [5, 5.41) is 3.42. The molecule has 3 rings (SSSR count). The molecule has 1 aliphatic heterocycles. The van der Waals surface area contributed by atoms with Crippen LogP contribution < -0.4 is 5.32 Å². The minimum absolute atomic E-state index is 0.00728. The van der Waals surface area contributed by atoms with Gasteiger partial charge in [-0.05, 0) is 43.5 Å². The van der Waals surface area contributed by atoms with Gasteiger partial charge in [0.15, 0.2) is 0 Å². The van der Waals surface area contributed by atoms with Gasteiger partial charge in [-0.2, -0.15) is 0 Å². The molecule has 0 aliphatic carbocycles. The van der Waals surface area contributed by atoms with Crippen molar-refractivity contribution < 1.29 is 13.2 Å². The number of aryl methyl sites for hydroxylation is 1. The van der Waals surface area contributed by atoms with E-state index < -0.39 is 10.0 Å². The molecule has 1 aliphatic rings. The summed E-state index contributed by atoms with van der Waals surface area (Å²) >= 11 is 5.93. The lowest BCUT2D eigenvalue weighted by Gasteiger charge is -2.30. The van der Waals surface area contributed by atoms with E-state index in [1.165, 1.54) is 4.31 Å². The largest absolute Gasteiger partial charge is 0.326 e. The predicted octanol–water partition coefficient (Wildman–Crippen LogP) is 3.83. The van der Waals surface area contributed by atoms with Crippen molar-refractivity contribution in [1.29, 1.82) is 0 Å². The second kappa shape index (κ2) is 8.42. The van der Waals surface area contributed by atoms with Gasteiger partial charge in [-0.25, -0.2) is 12.7 Å². The van der Waals surface area contributed by atoms with Crippen LogP contribution >= 0.6 is 11.6 Å². The summed E-state index contributed by atoms with van der Waals surface area (Å²) in [6, 6.07) is 14.5. The smallest absolute Gasteiger partial charge is 0.227 e. The van der Waals surface area contributed by atoms with Crippen molar-refractivity contribution in [2.24, 2.45) is 5.92 Å². The maximum absolute atomic E-state index is 12.7. The number of nitrogens with zero attached hydrogens (tertiary/aromatic N) is 1. The molecule has 0 unspecified atom stereocenters. The minimum atomic E-state index is -3.38. The van der Waals surface area contributed by atoms with Crippen LogP contribution in [0.1, 0.15) is 24.0 Å². The highest BCUT2D eigenvalue weighted by molar-refractivity contribution is 7.88. The molecule has 1 heterocycles. The van der Waals surface area contributed by atoms with Gasteiger partial charge < -0.3 is 5.32 Å². The number of amides is 1. The van der Waals surface area contributed by atoms with Crippen molar-refractivity contribution in [3.63, 3.8) is 0 Å². The Bertz CT molecular complexity index is 905. The molecule has 0 aromatic heterocycles. The van der Waals surface area contributed by atoms with Gasteiger partial charge in [0.25, 0.3) is 0 Å². The van der Waals surface area contributed by atoms with Crippen molar-refractivity contribution in [2.45, 2.75) is 25.5 Å². The normalized spacial score (nSPS) is 16.2. The first-order valence-electron chi connectivity index (χ1n) is 8.93. The number of hydrogen-bond donors (Lipinski definition) is 1. The van der Waals surface area contributed by atoms with Crippen LogP contribution in [0, 0.1) is 12.8 Å². The Morgan fingerprint density at radius 1 is 1.15 bits per heavy atom. The number of rotatable bonds is 5. The van der Waals surface area contributed by atoms with E-state index in [0.717, 1.165) is 11.1 Å². The molecule has 5 nitrogen and oxygen atoms in total. The number of sulfonamides is 1. The van der Waals surface area contributed by atoms with Crippen LogP contribution in [-0.2, 0) is 20.6 Å². The molecule has 0 radical (unpaired) electrons. The van der Waals surface area contributed by atoms with E-state index in [9.17, 15) is 13.2 Å². The Morgan fingerprint density at radius 3 is 2.44 bits per heavy atom. The monoisotopic (exact) mass is 406 g/mol. The second-order valence-corrected chi connectivity index (χ2v) is 9.32. The average Bonchev–Trinajstić information content (AvgIpc) is 2.63. The van der Waals surface area contributed by atoms with Gasteiger partial charge in [-0.1, -0.05) is 47.5 Å². The van der Waals surface area contributed by atoms with Gasteiger partial charge in [0.05, 0.1) is 5.75 Å². The Balaban J connectivity index is 1.56. The minimum Gasteiger partial charge on any atom is -0.326 e. The molecule has 0 bridgehead atoms. The fraction of sp³-hybridized carbons (Fsp3) is 0.350. The first kappa shape index (κ1) is 19.9. The second-order valence-electron chi connectivity index (χ2n) is 6.91. The molecule has 2 aromatic carbocycles. The summed E-state index contributed by atoms with van der Waals surface area (Å²) in [4.78, 5) is 12.4. The van der Waals surface area contributed by atoms with Gasteiger partial charge >= 0.3 is 0 Å². The van der Waals surface area contributed by atoms with E-state index in [1.54, 1.807) is 24.3 Å². The lowest BCUT2D eigenvalue weighted by atomic mass is 9.97. The summed E-state index contributed by atoms with van der Waals surface area (Å²) in [6.07, 6.45) is 1.03. The Hall–Kier alpha value is -1.89. The van der Waals surface area contributed by atoms with E-state index in [0.29, 0.717) is 36.6 Å². The fourth-order valence-corrected chi connectivity index (χ4v) is 4.95. The zero-order chi connectivity index (χ0) is 19.4. The summed E-state index contributed by atoms with van der Waals surface area (Å²) in [5.74, 6) is -0.296. The highest BCUT2D eigenvalue weighted by Gasteiger charge is 2.31. The predicted molar refractivity (Wildman–Crippen MR) is 108 cm³/mol. The first-order valence-corrected chi connectivity index (χ1v) is 10.9. The van der Waals surface area contributed by atoms with E-state index in [-0.39, 0.29) is 17.6 Å². The Labute approximate surface area is 165 Å². The van der Waals surface area contributed by atoms with E-state index >= 15 is 0 Å². The van der Waals surface area contributed by atoms with E-state index in [1.807, 2.05) is 31.2 Å². The SMILES string of the molecule is Cc1ccc(CS(=O)(=O)N2CCC(C(=O)Nc3cccc(Cl)c3)CC2)cc1. The number of nitrogens with one attached hydrogen (secondary N) is 1. The Morgan fingerprint density at radius 2 is 1.81 bits per heavy atom. The van der Waals surface area contributed by atoms with Crippen LogP contribution in [0.3, 0.4) is 0 Å². The van der Waals surface area contributed by atoms with E-state index in [2.05, 4.69) is 5.32 Å². The third kappa shape index (κ3) is 5.31. The van der Waals surface area contributed by atoms with Gasteiger partial charge in [-0.15, -0.1) is 0 Å². The van der Waals surface area contributed by atoms with Gasteiger partial charge in [-0.3, -0.25) is 4.79 Å². The van der Waals surface area contributed by atoms with Crippen molar-refractivity contribution >= 4 is 33.2 Å². The lowest BCUT2D eigenvalue weighted by molar-refractivity contribution is -0.120. The molecule has 0 atom stereocenters. The molecular formula is C20H23ClN2O3S. The maximum atomic E-state index is 12.7. The molecule has 2 aromatic rings. The average molecular weight is 407 g/mol. The van der Waals surface area contributed by atoms with Gasteiger partial charge in [0, 0.05) is 29.7 Å². The highest BCUT2D eigenvalue weighted by atomic mass is 35.5. The zero-order valence-electron chi connectivity index (χ0n) is 15.2. The number of piperidine rings is 1. The summed E-state index contributed by atoms with van der Waals surface area (Å²) in [5.41, 5.74) is 2.53. The van der Waals surface area contributed by atoms with Crippen LogP contribution in [0.25, 0.3) is 0 Å². The van der Waals surface area contributed by atoms with Gasteiger partial charge in [0.1, 0.15) is 0 Å². The van der Waals surface area contributed by atoms with Crippen molar-refractivity contribution in [1.82, 2.24) is 4.31 Å². The fourth-order valence-electron chi connectivity index (χ4n) is 3.19. The number of hydrogen-bond acceptors (Lipinski definition) is 3. The van der Waals surface area contributed by atoms with Crippen LogP contribution in [0.2, 0.25) is 5.02 Å². The molecule has 1 fully saturated rings. The number of anilines is 1. The number of carbonyl (C=O) groups is 1. The molecule has 144 valence electrons. The third-order valence-electron chi connectivity index (χ3n) is 4.78. The summed E-state index contributed by atoms with van der Waals surface area (Å²) < 4.78 is 26.8. The number of carbonyl (C=O) groups excluding carboxylic acids is 1. The van der Waals surface area contributed by atoms with Crippen molar-refractivity contribution in [3.8, 4) is 0 Å². The molecule has 7 heteroatoms. The van der Waals surface area contributed by atoms with Gasteiger partial charge in [0.2, 0.25) is 15.9 Å².